The Balaban J connectivity index is 0.00000441. The van der Waals surface area contributed by atoms with Crippen LogP contribution in [0.3, 0.4) is 0 Å². The maximum Gasteiger partial charge on any atom is 0.222 e. The maximum absolute atomic E-state index is 11.4. The van der Waals surface area contributed by atoms with Crippen LogP contribution >= 0.6 is 0 Å². The van der Waals surface area contributed by atoms with E-state index in [4.69, 9.17) is 14.6 Å². The fourth-order valence-electron chi connectivity index (χ4n) is 1.47. The van der Waals surface area contributed by atoms with Gasteiger partial charge < -0.3 is 19.9 Å². The summed E-state index contributed by atoms with van der Waals surface area (Å²) >= 11 is 0. The number of carbonyl (C=O) groups excluding carboxylic acids is 1. The van der Waals surface area contributed by atoms with Gasteiger partial charge in [-0.3, -0.25) is 9.48 Å². The van der Waals surface area contributed by atoms with E-state index >= 15 is 0 Å². The first-order chi connectivity index (χ1) is 10.1. The van der Waals surface area contributed by atoms with Crippen molar-refractivity contribution in [3.63, 3.8) is 0 Å². The normalized spacial score (nSPS) is 10.5. The molecular formula is C13H24N4O4W. The monoisotopic (exact) mass is 484 g/mol. The second-order valence-electron chi connectivity index (χ2n) is 4.81. The Morgan fingerprint density at radius 2 is 2.09 bits per heavy atom. The second kappa shape index (κ2) is 12.7. The van der Waals surface area contributed by atoms with Gasteiger partial charge in [-0.05, 0) is 0 Å². The molecule has 2 N–H and O–H groups in total. The van der Waals surface area contributed by atoms with Gasteiger partial charge in [0.15, 0.2) is 0 Å². The van der Waals surface area contributed by atoms with Crippen LogP contribution in [0.15, 0.2) is 6.20 Å². The van der Waals surface area contributed by atoms with Crippen molar-refractivity contribution < 1.29 is 40.4 Å². The van der Waals surface area contributed by atoms with Gasteiger partial charge in [-0.2, -0.15) is 0 Å². The summed E-state index contributed by atoms with van der Waals surface area (Å²) in [5.41, 5.74) is 0.729. The van der Waals surface area contributed by atoms with Gasteiger partial charge in [-0.25, -0.2) is 0 Å². The minimum absolute atomic E-state index is 0. The number of hydrogen-bond donors (Lipinski definition) is 2. The molecule has 0 aliphatic rings. The Hall–Kier alpha value is -0.822. The first-order valence-corrected chi connectivity index (χ1v) is 7.06. The molecule has 22 heavy (non-hydrogen) atoms. The Morgan fingerprint density at radius 1 is 1.36 bits per heavy atom. The van der Waals surface area contributed by atoms with Gasteiger partial charge in [-0.1, -0.05) is 19.1 Å². The largest absolute Gasteiger partial charge is 0.394 e. The molecule has 0 fully saturated rings. The Morgan fingerprint density at radius 3 is 2.77 bits per heavy atom. The summed E-state index contributed by atoms with van der Waals surface area (Å²) in [5, 5.41) is 19.3. The van der Waals surface area contributed by atoms with E-state index < -0.39 is 0 Å². The second-order valence-corrected chi connectivity index (χ2v) is 4.81. The molecule has 0 aromatic carbocycles. The molecule has 0 bridgehead atoms. The summed E-state index contributed by atoms with van der Waals surface area (Å²) in [6, 6.07) is 0. The number of hydrogen-bond acceptors (Lipinski definition) is 6. The zero-order chi connectivity index (χ0) is 15.5. The van der Waals surface area contributed by atoms with Crippen LogP contribution in [0.5, 0.6) is 0 Å². The predicted octanol–water partition coefficient (Wildman–Crippen LogP) is -0.427. The fourth-order valence-corrected chi connectivity index (χ4v) is 1.47. The third-order valence-corrected chi connectivity index (χ3v) is 2.61. The van der Waals surface area contributed by atoms with Crippen LogP contribution in [0.2, 0.25) is 0 Å². The van der Waals surface area contributed by atoms with Crippen molar-refractivity contribution in [2.45, 2.75) is 27.0 Å². The molecule has 1 heterocycles. The molecular weight excluding hydrogens is 460 g/mol. The van der Waals surface area contributed by atoms with E-state index in [1.165, 1.54) is 0 Å². The number of aromatic nitrogens is 3. The first kappa shape index (κ1) is 21.2. The summed E-state index contributed by atoms with van der Waals surface area (Å²) in [6.45, 7) is 6.38. The summed E-state index contributed by atoms with van der Waals surface area (Å²) in [5.74, 6) is 0.0133. The van der Waals surface area contributed by atoms with Crippen LogP contribution in [0.1, 0.15) is 19.5 Å². The smallest absolute Gasteiger partial charge is 0.222 e. The van der Waals surface area contributed by atoms with Crippen LogP contribution < -0.4 is 5.32 Å². The number of aliphatic hydroxyl groups is 1. The molecule has 0 spiro atoms. The van der Waals surface area contributed by atoms with Crippen molar-refractivity contribution in [1.82, 2.24) is 20.3 Å². The minimum atomic E-state index is -0.0160. The van der Waals surface area contributed by atoms with Crippen molar-refractivity contribution in [1.29, 1.82) is 0 Å². The van der Waals surface area contributed by atoms with Gasteiger partial charge in [0.25, 0.3) is 0 Å². The number of ether oxygens (including phenoxy) is 2. The van der Waals surface area contributed by atoms with Gasteiger partial charge in [0.05, 0.1) is 45.8 Å². The van der Waals surface area contributed by atoms with Gasteiger partial charge >= 0.3 is 0 Å². The van der Waals surface area contributed by atoms with Crippen LogP contribution in [0.4, 0.5) is 0 Å². The van der Waals surface area contributed by atoms with E-state index in [0.717, 1.165) is 5.69 Å². The van der Waals surface area contributed by atoms with Gasteiger partial charge in [0.2, 0.25) is 5.91 Å². The molecule has 1 aromatic rings. The molecule has 1 aromatic heterocycles. The standard InChI is InChI=1S/C13H24N4O4.W/c1-11(2)13(19)14-3-4-17-9-12(15-16-17)10-21-8-7-20-6-5-18;/h9,11,18H,3-8,10H2,1-2H3,(H,14,19);. The Kier molecular flexibility index (Phi) is 12.2. The summed E-state index contributed by atoms with van der Waals surface area (Å²) in [4.78, 5) is 11.4. The van der Waals surface area contributed by atoms with Crippen LogP contribution in [0, 0.1) is 5.92 Å². The molecule has 0 unspecified atom stereocenters. The Bertz CT molecular complexity index is 414. The molecule has 1 rings (SSSR count). The number of rotatable bonds is 11. The SMILES string of the molecule is CC(C)C(=O)NCCn1cc(COCCOCCO)nn1.[W]. The number of carbonyl (C=O) groups is 1. The molecule has 1 amide bonds. The molecule has 9 heteroatoms. The molecule has 0 atom stereocenters. The predicted molar refractivity (Wildman–Crippen MR) is 75.4 cm³/mol. The molecule has 126 valence electrons. The third-order valence-electron chi connectivity index (χ3n) is 2.61. The van der Waals surface area contributed by atoms with Crippen molar-refractivity contribution in [3.8, 4) is 0 Å². The van der Waals surface area contributed by atoms with Crippen LogP contribution in [-0.2, 0) is 48.5 Å². The average Bonchev–Trinajstić information content (AvgIpc) is 2.90. The molecule has 0 saturated carbocycles. The summed E-state index contributed by atoms with van der Waals surface area (Å²) < 4.78 is 12.1. The minimum Gasteiger partial charge on any atom is -0.394 e. The zero-order valence-electron chi connectivity index (χ0n) is 13.0. The summed E-state index contributed by atoms with van der Waals surface area (Å²) in [7, 11) is 0. The maximum atomic E-state index is 11.4. The molecule has 0 aliphatic heterocycles. The molecule has 8 nitrogen and oxygen atoms in total. The van der Waals surface area contributed by atoms with E-state index in [2.05, 4.69) is 15.6 Å². The number of nitrogens with one attached hydrogen (secondary N) is 1. The van der Waals surface area contributed by atoms with Crippen molar-refractivity contribution in [2.24, 2.45) is 5.92 Å². The fraction of sp³-hybridized carbons (Fsp3) is 0.769. The average molecular weight is 484 g/mol. The molecule has 0 aliphatic carbocycles. The van der Waals surface area contributed by atoms with Gasteiger partial charge in [-0.15, -0.1) is 5.10 Å². The van der Waals surface area contributed by atoms with Crippen molar-refractivity contribution in [3.05, 3.63) is 11.9 Å². The molecule has 0 saturated heterocycles. The van der Waals surface area contributed by atoms with Crippen molar-refractivity contribution >= 4 is 5.91 Å². The zero-order valence-corrected chi connectivity index (χ0v) is 16.0. The first-order valence-electron chi connectivity index (χ1n) is 7.06. The van der Waals surface area contributed by atoms with E-state index in [-0.39, 0.29) is 39.5 Å². The quantitative estimate of drug-likeness (QED) is 0.414. The molecule has 0 radical (unpaired) electrons. The van der Waals surface area contributed by atoms with E-state index in [1.54, 1.807) is 10.9 Å². The third kappa shape index (κ3) is 9.25. The number of aliphatic hydroxyl groups excluding tert-OH is 1. The van der Waals surface area contributed by atoms with E-state index in [0.29, 0.717) is 39.5 Å². The number of nitrogens with zero attached hydrogens (tertiary/aromatic N) is 3. The van der Waals surface area contributed by atoms with Gasteiger partial charge in [0.1, 0.15) is 5.69 Å². The van der Waals surface area contributed by atoms with E-state index in [1.807, 2.05) is 13.8 Å². The summed E-state index contributed by atoms with van der Waals surface area (Å²) in [6.07, 6.45) is 1.79. The van der Waals surface area contributed by atoms with Crippen LogP contribution in [-0.4, -0.2) is 59.0 Å². The van der Waals surface area contributed by atoms with E-state index in [9.17, 15) is 4.79 Å². The van der Waals surface area contributed by atoms with Gasteiger partial charge in [0, 0.05) is 33.5 Å². The van der Waals surface area contributed by atoms with Crippen molar-refractivity contribution in [2.75, 3.05) is 33.0 Å². The topological polar surface area (TPSA) is 98.5 Å². The Labute approximate surface area is 144 Å². The number of amides is 1. The van der Waals surface area contributed by atoms with Crippen LogP contribution in [0.25, 0.3) is 0 Å².